The second kappa shape index (κ2) is 8.23. The number of carbonyl (C=O) groups is 1. The molecule has 3 heterocycles. The number of benzene rings is 1. The van der Waals surface area contributed by atoms with Crippen LogP contribution < -0.4 is 5.73 Å². The topological polar surface area (TPSA) is 77.0 Å². The highest BCUT2D eigenvalue weighted by atomic mass is 16.2. The van der Waals surface area contributed by atoms with Crippen LogP contribution in [0.2, 0.25) is 0 Å². The molecule has 2 atom stereocenters. The van der Waals surface area contributed by atoms with Gasteiger partial charge in [-0.2, -0.15) is 0 Å². The first kappa shape index (κ1) is 19.4. The van der Waals surface area contributed by atoms with Gasteiger partial charge in [0.05, 0.1) is 22.8 Å². The fraction of sp³-hybridized carbons (Fsp3) is 0.435. The summed E-state index contributed by atoms with van der Waals surface area (Å²) in [6, 6.07) is 10.0. The molecule has 0 saturated carbocycles. The number of aromatic nitrogens is 3. The van der Waals surface area contributed by atoms with Crippen molar-refractivity contribution in [2.75, 3.05) is 18.8 Å². The fourth-order valence-corrected chi connectivity index (χ4v) is 4.38. The molecule has 1 fully saturated rings. The lowest BCUT2D eigenvalue weighted by molar-refractivity contribution is -0.136. The van der Waals surface area contributed by atoms with Gasteiger partial charge in [-0.15, -0.1) is 0 Å². The summed E-state index contributed by atoms with van der Waals surface area (Å²) in [5.41, 5.74) is 8.96. The van der Waals surface area contributed by atoms with Crippen molar-refractivity contribution in [1.82, 2.24) is 19.4 Å². The number of anilines is 1. The second-order valence-corrected chi connectivity index (χ2v) is 8.03. The number of hydrogen-bond donors (Lipinski definition) is 1. The monoisotopic (exact) mass is 391 g/mol. The summed E-state index contributed by atoms with van der Waals surface area (Å²) in [6.45, 7) is 6.25. The minimum Gasteiger partial charge on any atom is -0.397 e. The minimum absolute atomic E-state index is 0.0878. The number of likely N-dealkylation sites (tertiary alicyclic amines) is 1. The molecule has 6 heteroatoms. The molecule has 0 spiro atoms. The number of piperidine rings is 1. The van der Waals surface area contributed by atoms with Gasteiger partial charge in [0.2, 0.25) is 5.91 Å². The highest BCUT2D eigenvalue weighted by Crippen LogP contribution is 2.32. The van der Waals surface area contributed by atoms with E-state index >= 15 is 0 Å². The number of carbonyl (C=O) groups excluding carboxylic acids is 1. The van der Waals surface area contributed by atoms with Crippen molar-refractivity contribution >= 4 is 22.5 Å². The molecule has 29 heavy (non-hydrogen) atoms. The lowest BCUT2D eigenvalue weighted by atomic mass is 9.92. The zero-order chi connectivity index (χ0) is 20.4. The maximum Gasteiger partial charge on any atom is 0.227 e. The lowest BCUT2D eigenvalue weighted by Crippen LogP contribution is -2.43. The largest absolute Gasteiger partial charge is 0.397 e. The maximum atomic E-state index is 13.1. The molecule has 0 aliphatic carbocycles. The smallest absolute Gasteiger partial charge is 0.227 e. The third-order valence-electron chi connectivity index (χ3n) is 5.91. The zero-order valence-electron chi connectivity index (χ0n) is 17.2. The lowest BCUT2D eigenvalue weighted by Gasteiger charge is -2.34. The number of nitrogen functional groups attached to an aromatic ring is 1. The van der Waals surface area contributed by atoms with Gasteiger partial charge >= 0.3 is 0 Å². The van der Waals surface area contributed by atoms with Gasteiger partial charge in [0.1, 0.15) is 5.82 Å². The molecule has 3 aromatic rings. The Labute approximate surface area is 171 Å². The van der Waals surface area contributed by atoms with E-state index in [0.29, 0.717) is 13.1 Å². The summed E-state index contributed by atoms with van der Waals surface area (Å²) in [4.78, 5) is 24.3. The molecule has 2 aromatic heterocycles. The molecular formula is C23H29N5O. The summed E-state index contributed by atoms with van der Waals surface area (Å²) >= 11 is 0. The van der Waals surface area contributed by atoms with Crippen LogP contribution in [-0.2, 0) is 17.8 Å². The molecule has 1 amide bonds. The van der Waals surface area contributed by atoms with E-state index in [4.69, 9.17) is 10.7 Å². The van der Waals surface area contributed by atoms with E-state index in [1.165, 1.54) is 0 Å². The Hall–Kier alpha value is -2.89. The fourth-order valence-electron chi connectivity index (χ4n) is 4.38. The third kappa shape index (κ3) is 3.97. The number of amides is 1. The Morgan fingerprint density at radius 1 is 1.34 bits per heavy atom. The van der Waals surface area contributed by atoms with Crippen molar-refractivity contribution in [3.8, 4) is 0 Å². The van der Waals surface area contributed by atoms with E-state index in [-0.39, 0.29) is 17.7 Å². The van der Waals surface area contributed by atoms with Gasteiger partial charge in [-0.1, -0.05) is 32.0 Å². The van der Waals surface area contributed by atoms with E-state index in [0.717, 1.165) is 53.9 Å². The van der Waals surface area contributed by atoms with Crippen molar-refractivity contribution < 1.29 is 4.79 Å². The molecule has 6 nitrogen and oxygen atoms in total. The molecule has 0 radical (unpaired) electrons. The number of imidazole rings is 1. The first-order valence-corrected chi connectivity index (χ1v) is 10.5. The summed E-state index contributed by atoms with van der Waals surface area (Å²) in [5.74, 6) is 1.32. The number of fused-ring (bicyclic) bond motifs is 1. The van der Waals surface area contributed by atoms with E-state index < -0.39 is 0 Å². The first-order valence-electron chi connectivity index (χ1n) is 10.5. The van der Waals surface area contributed by atoms with Crippen molar-refractivity contribution in [3.63, 3.8) is 0 Å². The predicted octanol–water partition coefficient (Wildman–Crippen LogP) is 3.62. The Morgan fingerprint density at radius 2 is 2.17 bits per heavy atom. The number of para-hydroxylation sites is 1. The molecule has 1 aliphatic heterocycles. The molecule has 2 N–H and O–H groups in total. The molecule has 1 aliphatic rings. The summed E-state index contributed by atoms with van der Waals surface area (Å²) in [5, 5.41) is 1.05. The average molecular weight is 392 g/mol. The number of nitrogens with zero attached hydrogens (tertiary/aromatic N) is 4. The normalized spacial score (nSPS) is 18.1. The van der Waals surface area contributed by atoms with Crippen molar-refractivity contribution in [1.29, 1.82) is 0 Å². The SMILES string of the molecule is CCc1nccn1C[C@@H](C)C(=O)N1CCC[C@H](c2nc3ccccc3cc2N)C1. The van der Waals surface area contributed by atoms with E-state index in [9.17, 15) is 4.79 Å². The van der Waals surface area contributed by atoms with Gasteiger partial charge in [0.25, 0.3) is 0 Å². The van der Waals surface area contributed by atoms with Crippen LogP contribution >= 0.6 is 0 Å². The number of aryl methyl sites for hydroxylation is 1. The van der Waals surface area contributed by atoms with Crippen LogP contribution in [0.15, 0.2) is 42.7 Å². The van der Waals surface area contributed by atoms with Gasteiger partial charge in [0, 0.05) is 49.8 Å². The van der Waals surface area contributed by atoms with Gasteiger partial charge in [-0.25, -0.2) is 4.98 Å². The third-order valence-corrected chi connectivity index (χ3v) is 5.91. The number of pyridine rings is 1. The summed E-state index contributed by atoms with van der Waals surface area (Å²) in [7, 11) is 0. The number of hydrogen-bond acceptors (Lipinski definition) is 4. The molecule has 0 bridgehead atoms. The molecule has 0 unspecified atom stereocenters. The van der Waals surface area contributed by atoms with Crippen LogP contribution in [0.25, 0.3) is 10.9 Å². The van der Waals surface area contributed by atoms with Crippen molar-refractivity contribution in [2.45, 2.75) is 45.6 Å². The van der Waals surface area contributed by atoms with E-state index in [2.05, 4.69) is 16.5 Å². The van der Waals surface area contributed by atoms with Crippen LogP contribution in [-0.4, -0.2) is 38.4 Å². The van der Waals surface area contributed by atoms with Gasteiger partial charge in [-0.3, -0.25) is 9.78 Å². The summed E-state index contributed by atoms with van der Waals surface area (Å²) < 4.78 is 2.09. The minimum atomic E-state index is -0.0878. The van der Waals surface area contributed by atoms with E-state index in [1.807, 2.05) is 48.4 Å². The van der Waals surface area contributed by atoms with Crippen molar-refractivity contribution in [3.05, 3.63) is 54.2 Å². The number of rotatable bonds is 5. The van der Waals surface area contributed by atoms with Crippen LogP contribution in [0, 0.1) is 5.92 Å². The van der Waals surface area contributed by atoms with Crippen LogP contribution in [0.4, 0.5) is 5.69 Å². The summed E-state index contributed by atoms with van der Waals surface area (Å²) in [6.07, 6.45) is 6.62. The van der Waals surface area contributed by atoms with Crippen molar-refractivity contribution in [2.24, 2.45) is 5.92 Å². The standard InChI is InChI=1S/C23H29N5O/c1-3-21-25-10-12-27(21)14-16(2)23(29)28-11-6-8-18(15-28)22-19(24)13-17-7-4-5-9-20(17)26-22/h4-5,7,9-10,12-13,16,18H,3,6,8,11,14-15,24H2,1-2H3/t16-,18+/m1/s1. The van der Waals surface area contributed by atoms with Gasteiger partial charge in [0.15, 0.2) is 0 Å². The maximum absolute atomic E-state index is 13.1. The molecule has 152 valence electrons. The van der Waals surface area contributed by atoms with E-state index in [1.54, 1.807) is 6.20 Å². The Bertz CT molecular complexity index is 1010. The molecular weight excluding hydrogens is 362 g/mol. The second-order valence-electron chi connectivity index (χ2n) is 8.03. The highest BCUT2D eigenvalue weighted by Gasteiger charge is 2.29. The van der Waals surface area contributed by atoms with Crippen LogP contribution in [0.3, 0.4) is 0 Å². The molecule has 1 aromatic carbocycles. The quantitative estimate of drug-likeness (QED) is 0.721. The van der Waals surface area contributed by atoms with Gasteiger partial charge in [-0.05, 0) is 25.0 Å². The Morgan fingerprint density at radius 3 is 3.00 bits per heavy atom. The van der Waals surface area contributed by atoms with Crippen LogP contribution in [0.1, 0.15) is 44.1 Å². The predicted molar refractivity (Wildman–Crippen MR) is 115 cm³/mol. The Balaban J connectivity index is 1.49. The van der Waals surface area contributed by atoms with Crippen LogP contribution in [0.5, 0.6) is 0 Å². The molecule has 1 saturated heterocycles. The zero-order valence-corrected chi connectivity index (χ0v) is 17.2. The average Bonchev–Trinajstić information content (AvgIpc) is 3.19. The number of nitrogens with two attached hydrogens (primary N) is 1. The Kier molecular flexibility index (Phi) is 5.51. The highest BCUT2D eigenvalue weighted by molar-refractivity contribution is 5.82. The molecule has 4 rings (SSSR count). The van der Waals surface area contributed by atoms with Gasteiger partial charge < -0.3 is 15.2 Å². The first-order chi connectivity index (χ1) is 14.1.